The Morgan fingerprint density at radius 3 is 2.53 bits per heavy atom. The van der Waals surface area contributed by atoms with Gasteiger partial charge in [0, 0.05) is 12.6 Å². The van der Waals surface area contributed by atoms with E-state index in [0.29, 0.717) is 12.5 Å². The topological polar surface area (TPSA) is 78.4 Å². The number of amides is 2. The molecular weight excluding hydrogens is 220 g/mol. The molecule has 0 aromatic carbocycles. The summed E-state index contributed by atoms with van der Waals surface area (Å²) in [5.74, 6) is -0.311. The molecule has 1 aliphatic carbocycles. The van der Waals surface area contributed by atoms with Gasteiger partial charge in [-0.1, -0.05) is 19.3 Å². The van der Waals surface area contributed by atoms with Gasteiger partial charge in [-0.2, -0.15) is 0 Å². The summed E-state index contributed by atoms with van der Waals surface area (Å²) in [5, 5.41) is 14.0. The van der Waals surface area contributed by atoms with E-state index in [2.05, 4.69) is 10.6 Å². The third-order valence-corrected chi connectivity index (χ3v) is 3.13. The van der Waals surface area contributed by atoms with Crippen molar-refractivity contribution >= 4 is 12.0 Å². The molecule has 0 saturated heterocycles. The zero-order chi connectivity index (χ0) is 12.7. The molecule has 0 aliphatic heterocycles. The summed E-state index contributed by atoms with van der Waals surface area (Å²) in [4.78, 5) is 21.9. The highest BCUT2D eigenvalue weighted by Gasteiger charge is 2.15. The summed E-state index contributed by atoms with van der Waals surface area (Å²) >= 11 is 0. The van der Waals surface area contributed by atoms with Crippen molar-refractivity contribution in [2.75, 3.05) is 6.54 Å². The van der Waals surface area contributed by atoms with Crippen molar-refractivity contribution in [3.8, 4) is 0 Å². The van der Waals surface area contributed by atoms with Crippen molar-refractivity contribution in [1.29, 1.82) is 0 Å². The number of carboxylic acid groups (broad SMARTS) is 1. The zero-order valence-corrected chi connectivity index (χ0v) is 10.4. The molecule has 17 heavy (non-hydrogen) atoms. The van der Waals surface area contributed by atoms with E-state index >= 15 is 0 Å². The Balaban J connectivity index is 2.13. The lowest BCUT2D eigenvalue weighted by Gasteiger charge is -2.22. The fraction of sp³-hybridized carbons (Fsp3) is 0.833. The second kappa shape index (κ2) is 7.14. The molecule has 0 bridgehead atoms. The fourth-order valence-corrected chi connectivity index (χ4v) is 2.22. The van der Waals surface area contributed by atoms with Gasteiger partial charge in [0.25, 0.3) is 0 Å². The van der Waals surface area contributed by atoms with Crippen molar-refractivity contribution in [2.24, 2.45) is 5.92 Å². The van der Waals surface area contributed by atoms with E-state index in [1.54, 1.807) is 6.92 Å². The van der Waals surface area contributed by atoms with Gasteiger partial charge in [0.1, 0.15) is 0 Å². The highest BCUT2D eigenvalue weighted by molar-refractivity contribution is 5.75. The normalized spacial score (nSPS) is 18.4. The molecule has 0 spiro atoms. The van der Waals surface area contributed by atoms with Crippen LogP contribution in [0.3, 0.4) is 0 Å². The number of rotatable bonds is 5. The molecule has 1 fully saturated rings. The third-order valence-electron chi connectivity index (χ3n) is 3.13. The highest BCUT2D eigenvalue weighted by atomic mass is 16.4. The summed E-state index contributed by atoms with van der Waals surface area (Å²) < 4.78 is 0. The summed E-state index contributed by atoms with van der Waals surface area (Å²) in [7, 11) is 0. The molecular formula is C12H22N2O3. The van der Waals surface area contributed by atoms with Gasteiger partial charge >= 0.3 is 12.0 Å². The predicted molar refractivity (Wildman–Crippen MR) is 64.8 cm³/mol. The van der Waals surface area contributed by atoms with E-state index in [1.807, 2.05) is 0 Å². The summed E-state index contributed by atoms with van der Waals surface area (Å²) in [5.41, 5.74) is 0. The van der Waals surface area contributed by atoms with Crippen molar-refractivity contribution in [2.45, 2.75) is 51.5 Å². The third kappa shape index (κ3) is 6.14. The van der Waals surface area contributed by atoms with Gasteiger partial charge in [-0.15, -0.1) is 0 Å². The van der Waals surface area contributed by atoms with Gasteiger partial charge in [-0.05, 0) is 25.7 Å². The Kier molecular flexibility index (Phi) is 5.80. The van der Waals surface area contributed by atoms with Crippen molar-refractivity contribution in [3.05, 3.63) is 0 Å². The number of carbonyl (C=O) groups is 2. The SMILES string of the molecule is CC(CC(=O)O)NC(=O)NCC1CCCCC1. The largest absolute Gasteiger partial charge is 0.481 e. The number of nitrogens with one attached hydrogen (secondary N) is 2. The average molecular weight is 242 g/mol. The molecule has 1 saturated carbocycles. The molecule has 2 amide bonds. The number of urea groups is 1. The Labute approximate surface area is 102 Å². The van der Waals surface area contributed by atoms with Crippen LogP contribution in [0, 0.1) is 5.92 Å². The molecule has 0 aromatic rings. The van der Waals surface area contributed by atoms with Gasteiger partial charge in [0.05, 0.1) is 6.42 Å². The van der Waals surface area contributed by atoms with Crippen LogP contribution in [-0.2, 0) is 4.79 Å². The number of hydrogen-bond acceptors (Lipinski definition) is 2. The summed E-state index contributed by atoms with van der Waals surface area (Å²) in [6.07, 6.45) is 6.14. The van der Waals surface area contributed by atoms with Crippen LogP contribution in [0.1, 0.15) is 45.4 Å². The second-order valence-corrected chi connectivity index (χ2v) is 4.86. The van der Waals surface area contributed by atoms with E-state index in [1.165, 1.54) is 32.1 Å². The lowest BCUT2D eigenvalue weighted by Crippen LogP contribution is -2.43. The quantitative estimate of drug-likeness (QED) is 0.687. The molecule has 5 heteroatoms. The minimum absolute atomic E-state index is 0.0448. The first-order valence-corrected chi connectivity index (χ1v) is 6.34. The van der Waals surface area contributed by atoms with Gasteiger partial charge < -0.3 is 15.7 Å². The molecule has 0 radical (unpaired) electrons. The second-order valence-electron chi connectivity index (χ2n) is 4.86. The molecule has 0 aromatic heterocycles. The summed E-state index contributed by atoms with van der Waals surface area (Å²) in [6.45, 7) is 2.39. The Bertz CT molecular complexity index is 262. The minimum Gasteiger partial charge on any atom is -0.481 e. The van der Waals surface area contributed by atoms with Crippen LogP contribution in [0.2, 0.25) is 0 Å². The maximum atomic E-state index is 11.5. The first-order chi connectivity index (χ1) is 8.08. The van der Waals surface area contributed by atoms with Crippen LogP contribution in [0.25, 0.3) is 0 Å². The Hall–Kier alpha value is -1.26. The molecule has 98 valence electrons. The maximum Gasteiger partial charge on any atom is 0.315 e. The van der Waals surface area contributed by atoms with Crippen molar-refractivity contribution < 1.29 is 14.7 Å². The highest BCUT2D eigenvalue weighted by Crippen LogP contribution is 2.22. The summed E-state index contributed by atoms with van der Waals surface area (Å²) in [6, 6.07) is -0.594. The number of carboxylic acids is 1. The van der Waals surface area contributed by atoms with Crippen LogP contribution in [0.15, 0.2) is 0 Å². The molecule has 1 atom stereocenters. The number of carbonyl (C=O) groups excluding carboxylic acids is 1. The minimum atomic E-state index is -0.898. The Morgan fingerprint density at radius 2 is 1.94 bits per heavy atom. The fourth-order valence-electron chi connectivity index (χ4n) is 2.22. The predicted octanol–water partition coefficient (Wildman–Crippen LogP) is 1.73. The smallest absolute Gasteiger partial charge is 0.315 e. The molecule has 1 aliphatic rings. The molecule has 5 nitrogen and oxygen atoms in total. The van der Waals surface area contributed by atoms with E-state index in [4.69, 9.17) is 5.11 Å². The van der Waals surface area contributed by atoms with E-state index in [0.717, 1.165) is 0 Å². The zero-order valence-electron chi connectivity index (χ0n) is 10.4. The number of aliphatic carboxylic acids is 1. The molecule has 1 rings (SSSR count). The van der Waals surface area contributed by atoms with E-state index in [9.17, 15) is 9.59 Å². The monoisotopic (exact) mass is 242 g/mol. The average Bonchev–Trinajstić information content (AvgIpc) is 2.26. The molecule has 0 heterocycles. The number of hydrogen-bond donors (Lipinski definition) is 3. The molecule has 3 N–H and O–H groups in total. The van der Waals surface area contributed by atoms with Crippen LogP contribution < -0.4 is 10.6 Å². The standard InChI is InChI=1S/C12H22N2O3/c1-9(7-11(15)16)14-12(17)13-8-10-5-3-2-4-6-10/h9-10H,2-8H2,1H3,(H,15,16)(H2,13,14,17). The maximum absolute atomic E-state index is 11.5. The van der Waals surface area contributed by atoms with Gasteiger partial charge in [0.2, 0.25) is 0 Å². The van der Waals surface area contributed by atoms with Gasteiger partial charge in [-0.25, -0.2) is 4.79 Å². The molecule has 1 unspecified atom stereocenters. The van der Waals surface area contributed by atoms with Crippen molar-refractivity contribution in [3.63, 3.8) is 0 Å². The van der Waals surface area contributed by atoms with Gasteiger partial charge in [-0.3, -0.25) is 4.79 Å². The first-order valence-electron chi connectivity index (χ1n) is 6.34. The van der Waals surface area contributed by atoms with Gasteiger partial charge in [0.15, 0.2) is 0 Å². The van der Waals surface area contributed by atoms with E-state index in [-0.39, 0.29) is 18.5 Å². The lowest BCUT2D eigenvalue weighted by atomic mass is 9.89. The van der Waals surface area contributed by atoms with E-state index < -0.39 is 5.97 Å². The lowest BCUT2D eigenvalue weighted by molar-refractivity contribution is -0.137. The van der Waals surface area contributed by atoms with Crippen LogP contribution >= 0.6 is 0 Å². The Morgan fingerprint density at radius 1 is 1.29 bits per heavy atom. The first kappa shape index (κ1) is 13.8. The van der Waals surface area contributed by atoms with Crippen LogP contribution in [0.4, 0.5) is 4.79 Å². The van der Waals surface area contributed by atoms with Crippen molar-refractivity contribution in [1.82, 2.24) is 10.6 Å². The van der Waals surface area contributed by atoms with Crippen LogP contribution in [0.5, 0.6) is 0 Å². The van der Waals surface area contributed by atoms with Crippen LogP contribution in [-0.4, -0.2) is 29.7 Å².